The van der Waals surface area contributed by atoms with Gasteiger partial charge in [-0.2, -0.15) is 0 Å². The van der Waals surface area contributed by atoms with Gasteiger partial charge in [0, 0.05) is 5.75 Å². The lowest BCUT2D eigenvalue weighted by Crippen LogP contribution is -2.14. The maximum absolute atomic E-state index is 5.78. The zero-order valence-electron chi connectivity index (χ0n) is 15.6. The molecule has 5 heteroatoms. The summed E-state index contributed by atoms with van der Waals surface area (Å²) in [5.74, 6) is 8.40. The minimum Gasteiger partial charge on any atom is -0.491 e. The van der Waals surface area contributed by atoms with Crippen LogP contribution in [0.15, 0.2) is 47.6 Å². The van der Waals surface area contributed by atoms with Crippen LogP contribution in [0.4, 0.5) is 0 Å². The van der Waals surface area contributed by atoms with Gasteiger partial charge in [0.2, 0.25) is 0 Å². The highest BCUT2D eigenvalue weighted by molar-refractivity contribution is 8.47. The van der Waals surface area contributed by atoms with Gasteiger partial charge in [-0.3, -0.25) is 0 Å². The Morgan fingerprint density at radius 3 is 2.50 bits per heavy atom. The number of hydrogen-bond donors (Lipinski definition) is 0. The van der Waals surface area contributed by atoms with Crippen molar-refractivity contribution in [2.24, 2.45) is 0 Å². The van der Waals surface area contributed by atoms with Gasteiger partial charge < -0.3 is 18.9 Å². The predicted molar refractivity (Wildman–Crippen MR) is 108 cm³/mol. The van der Waals surface area contributed by atoms with Gasteiger partial charge in [0.25, 0.3) is 0 Å². The van der Waals surface area contributed by atoms with E-state index < -0.39 is 8.75 Å². The van der Waals surface area contributed by atoms with Crippen molar-refractivity contribution in [3.05, 3.63) is 53.1 Å². The fourth-order valence-corrected chi connectivity index (χ4v) is 5.80. The molecule has 142 valence electrons. The molecule has 0 saturated carbocycles. The first kappa shape index (κ1) is 17.8. The summed E-state index contributed by atoms with van der Waals surface area (Å²) in [5, 5.41) is 2.29. The van der Waals surface area contributed by atoms with Crippen LogP contribution >= 0.6 is 8.75 Å². The van der Waals surface area contributed by atoms with Crippen molar-refractivity contribution in [2.75, 3.05) is 31.8 Å². The number of epoxide rings is 2. The van der Waals surface area contributed by atoms with Crippen molar-refractivity contribution < 1.29 is 18.9 Å². The standard InChI is InChI=1S/C21H28O4S/c1-16-21(25-16)14-24-18-6-4-17(5-7-18)15-26(2,3)10-8-19(9-11-26)22-12-20-13-23-20/h4-10,16,20-21H,2,11-15H2,1,3H3/t16-,20?,21?/m1/s1. The van der Waals surface area contributed by atoms with E-state index in [1.807, 2.05) is 12.1 Å². The van der Waals surface area contributed by atoms with E-state index in [4.69, 9.17) is 18.9 Å². The molecule has 2 unspecified atom stereocenters. The fourth-order valence-electron chi connectivity index (χ4n) is 3.07. The number of hydrogen-bond acceptors (Lipinski definition) is 4. The van der Waals surface area contributed by atoms with Crippen LogP contribution in [-0.4, -0.2) is 56.0 Å². The van der Waals surface area contributed by atoms with Gasteiger partial charge in [0.1, 0.15) is 36.9 Å². The lowest BCUT2D eigenvalue weighted by atomic mass is 10.2. The summed E-state index contributed by atoms with van der Waals surface area (Å²) < 4.78 is 22.1. The number of benzene rings is 1. The van der Waals surface area contributed by atoms with Crippen LogP contribution in [-0.2, 0) is 20.0 Å². The van der Waals surface area contributed by atoms with Crippen molar-refractivity contribution in [2.45, 2.75) is 31.0 Å². The third-order valence-corrected chi connectivity index (χ3v) is 8.40. The molecule has 0 amide bonds. The van der Waals surface area contributed by atoms with Gasteiger partial charge in [0.15, 0.2) is 0 Å². The van der Waals surface area contributed by atoms with E-state index in [0.717, 1.165) is 29.6 Å². The third kappa shape index (κ3) is 4.58. The first-order valence-corrected chi connectivity index (χ1v) is 12.1. The molecule has 2 saturated heterocycles. The second-order valence-corrected chi connectivity index (χ2v) is 13.4. The minimum absolute atomic E-state index is 0.254. The summed E-state index contributed by atoms with van der Waals surface area (Å²) in [6, 6.07) is 8.40. The molecule has 0 bridgehead atoms. The predicted octanol–water partition coefficient (Wildman–Crippen LogP) is 3.58. The van der Waals surface area contributed by atoms with Crippen LogP contribution in [0.2, 0.25) is 0 Å². The Hall–Kier alpha value is -1.56. The van der Waals surface area contributed by atoms with Gasteiger partial charge in [-0.1, -0.05) is 18.0 Å². The zero-order valence-corrected chi connectivity index (χ0v) is 16.4. The lowest BCUT2D eigenvalue weighted by Gasteiger charge is -2.43. The van der Waals surface area contributed by atoms with Gasteiger partial charge >= 0.3 is 0 Å². The largest absolute Gasteiger partial charge is 0.491 e. The molecule has 0 aliphatic carbocycles. The van der Waals surface area contributed by atoms with Gasteiger partial charge in [-0.25, -0.2) is 8.75 Å². The Balaban J connectivity index is 1.33. The molecule has 0 aromatic heterocycles. The summed E-state index contributed by atoms with van der Waals surface area (Å²) in [5.41, 5.74) is 1.29. The molecule has 0 radical (unpaired) electrons. The van der Waals surface area contributed by atoms with Crippen LogP contribution in [0.5, 0.6) is 5.75 Å². The van der Waals surface area contributed by atoms with E-state index in [1.54, 1.807) is 0 Å². The van der Waals surface area contributed by atoms with E-state index in [0.29, 0.717) is 19.3 Å². The SMILES string of the molecule is C=S1(C)(Cc2ccc(OCC3O[C@@H]3C)cc2)C=CC(OCC2CO2)=CC1. The van der Waals surface area contributed by atoms with Crippen LogP contribution in [0.1, 0.15) is 12.5 Å². The Bertz CT molecular complexity index is 791. The minimum atomic E-state index is -1.90. The van der Waals surface area contributed by atoms with Crippen LogP contribution in [0.25, 0.3) is 0 Å². The summed E-state index contributed by atoms with van der Waals surface area (Å²) >= 11 is 0. The monoisotopic (exact) mass is 376 g/mol. The fraction of sp³-hybridized carbons (Fsp3) is 0.476. The molecule has 3 atom stereocenters. The topological polar surface area (TPSA) is 43.5 Å². The highest BCUT2D eigenvalue weighted by atomic mass is 32.3. The van der Waals surface area contributed by atoms with E-state index in [2.05, 4.69) is 48.7 Å². The average Bonchev–Trinajstić information content (AvgIpc) is 3.52. The molecule has 3 heterocycles. The Morgan fingerprint density at radius 1 is 1.19 bits per heavy atom. The number of ether oxygens (including phenoxy) is 4. The smallest absolute Gasteiger partial charge is 0.119 e. The van der Waals surface area contributed by atoms with E-state index in [9.17, 15) is 0 Å². The molecule has 3 aliphatic heterocycles. The lowest BCUT2D eigenvalue weighted by molar-refractivity contribution is 0.192. The summed E-state index contributed by atoms with van der Waals surface area (Å²) in [4.78, 5) is 0. The third-order valence-electron chi connectivity index (χ3n) is 5.05. The van der Waals surface area contributed by atoms with Crippen molar-refractivity contribution >= 4 is 14.6 Å². The van der Waals surface area contributed by atoms with Gasteiger partial charge in [-0.05, 0) is 54.2 Å². The van der Waals surface area contributed by atoms with Crippen LogP contribution < -0.4 is 4.74 Å². The van der Waals surface area contributed by atoms with Gasteiger partial charge in [-0.15, -0.1) is 0 Å². The van der Waals surface area contributed by atoms with Crippen LogP contribution in [0.3, 0.4) is 0 Å². The quantitative estimate of drug-likeness (QED) is 0.514. The molecular formula is C21H28O4S. The maximum atomic E-state index is 5.78. The average molecular weight is 377 g/mol. The first-order chi connectivity index (χ1) is 12.4. The molecule has 26 heavy (non-hydrogen) atoms. The normalized spacial score (nSPS) is 32.0. The Morgan fingerprint density at radius 2 is 1.92 bits per heavy atom. The molecule has 3 aliphatic rings. The number of allylic oxidation sites excluding steroid dienone is 1. The molecule has 0 N–H and O–H groups in total. The highest BCUT2D eigenvalue weighted by Crippen LogP contribution is 2.59. The highest BCUT2D eigenvalue weighted by Gasteiger charge is 2.34. The van der Waals surface area contributed by atoms with Crippen molar-refractivity contribution in [1.29, 1.82) is 0 Å². The van der Waals surface area contributed by atoms with E-state index >= 15 is 0 Å². The van der Waals surface area contributed by atoms with Crippen molar-refractivity contribution in [3.63, 3.8) is 0 Å². The number of rotatable bonds is 8. The van der Waals surface area contributed by atoms with E-state index in [1.165, 1.54) is 5.56 Å². The molecule has 2 fully saturated rings. The first-order valence-electron chi connectivity index (χ1n) is 9.12. The molecule has 1 aromatic carbocycles. The van der Waals surface area contributed by atoms with Crippen LogP contribution in [0, 0.1) is 0 Å². The molecule has 1 aromatic rings. The van der Waals surface area contributed by atoms with Crippen molar-refractivity contribution in [1.82, 2.24) is 0 Å². The summed E-state index contributed by atoms with van der Waals surface area (Å²) in [6.45, 7) is 4.17. The zero-order chi connectivity index (χ0) is 18.2. The Labute approximate surface area is 155 Å². The Kier molecular flexibility index (Phi) is 4.49. The second-order valence-electron chi connectivity index (χ2n) is 8.04. The van der Waals surface area contributed by atoms with E-state index in [-0.39, 0.29) is 12.2 Å². The summed E-state index contributed by atoms with van der Waals surface area (Å²) in [6.07, 6.45) is 7.46. The molecule has 0 spiro atoms. The van der Waals surface area contributed by atoms with Crippen molar-refractivity contribution in [3.8, 4) is 5.75 Å². The second kappa shape index (κ2) is 6.55. The van der Waals surface area contributed by atoms with Gasteiger partial charge in [0.05, 0.1) is 12.7 Å². The summed E-state index contributed by atoms with van der Waals surface area (Å²) in [7, 11) is -1.90. The molecular weight excluding hydrogens is 348 g/mol. The molecule has 4 rings (SSSR count). The maximum Gasteiger partial charge on any atom is 0.119 e. The molecule has 4 nitrogen and oxygen atoms in total.